The average Bonchev–Trinajstić information content (AvgIpc) is 2.75. The van der Waals surface area contributed by atoms with E-state index in [4.69, 9.17) is 44.3 Å². The van der Waals surface area contributed by atoms with Crippen molar-refractivity contribution in [3.8, 4) is 11.5 Å². The Morgan fingerprint density at radius 3 is 2.56 bits per heavy atom. The van der Waals surface area contributed by atoms with Crippen molar-refractivity contribution in [2.75, 3.05) is 6.79 Å². The zero-order chi connectivity index (χ0) is 11.3. The van der Waals surface area contributed by atoms with Gasteiger partial charge in [0.1, 0.15) is 0 Å². The molecule has 1 aromatic heterocycles. The van der Waals surface area contributed by atoms with Crippen LogP contribution in [-0.4, -0.2) is 16.8 Å². The van der Waals surface area contributed by atoms with E-state index in [9.17, 15) is 0 Å². The predicted octanol–water partition coefficient (Wildman–Crippen LogP) is 3.12. The molecule has 4 nitrogen and oxygen atoms in total. The van der Waals surface area contributed by atoms with Crippen molar-refractivity contribution in [3.05, 3.63) is 18.0 Å². The summed E-state index contributed by atoms with van der Waals surface area (Å²) in [6.07, 6.45) is 0. The molecule has 0 amide bonds. The molecule has 0 aliphatic carbocycles. The van der Waals surface area contributed by atoms with E-state index in [1.54, 1.807) is 12.1 Å². The first kappa shape index (κ1) is 10.3. The summed E-state index contributed by atoms with van der Waals surface area (Å²) in [5.41, 5.74) is 1.41. The molecule has 0 unspecified atom stereocenters. The van der Waals surface area contributed by atoms with Gasteiger partial charge in [-0.3, -0.25) is 0 Å². The molecule has 2 heterocycles. The zero-order valence-corrected chi connectivity index (χ0v) is 10.0. The van der Waals surface area contributed by atoms with E-state index in [-0.39, 0.29) is 12.6 Å². The van der Waals surface area contributed by atoms with Crippen LogP contribution in [0.2, 0.25) is 0 Å². The van der Waals surface area contributed by atoms with Crippen molar-refractivity contribution in [1.29, 1.82) is 0 Å². The number of aromatic amines is 1. The van der Waals surface area contributed by atoms with Gasteiger partial charge in [-0.15, -0.1) is 0 Å². The van der Waals surface area contributed by atoms with Gasteiger partial charge in [-0.05, 0) is 0 Å². The molecule has 0 saturated heterocycles. The molecule has 0 bridgehead atoms. The molecule has 1 aliphatic heterocycles. The smallest absolute Gasteiger partial charge is 0.248 e. The maximum absolute atomic E-state index is 5.73. The van der Waals surface area contributed by atoms with Gasteiger partial charge in [-0.25, -0.2) is 4.98 Å². The third kappa shape index (κ3) is 1.57. The van der Waals surface area contributed by atoms with Crippen LogP contribution in [0.5, 0.6) is 11.5 Å². The molecule has 0 fully saturated rings. The van der Waals surface area contributed by atoms with Crippen molar-refractivity contribution < 1.29 is 9.47 Å². The van der Waals surface area contributed by atoms with Crippen LogP contribution in [0.4, 0.5) is 0 Å². The Morgan fingerprint density at radius 2 is 1.88 bits per heavy atom. The topological polar surface area (TPSA) is 47.1 Å². The van der Waals surface area contributed by atoms with Gasteiger partial charge in [0.15, 0.2) is 17.3 Å². The normalized spacial score (nSPS) is 14.7. The number of fused-ring (bicyclic) bond motifs is 2. The molecular formula is C9H5Cl3N2O2. The van der Waals surface area contributed by atoms with E-state index in [1.165, 1.54) is 0 Å². The number of aromatic nitrogens is 2. The van der Waals surface area contributed by atoms with E-state index >= 15 is 0 Å². The van der Waals surface area contributed by atoms with Crippen molar-refractivity contribution in [1.82, 2.24) is 9.97 Å². The third-order valence-corrected chi connectivity index (χ3v) is 2.78. The summed E-state index contributed by atoms with van der Waals surface area (Å²) in [7, 11) is 0. The molecule has 2 aromatic rings. The summed E-state index contributed by atoms with van der Waals surface area (Å²) in [5, 5.41) is 0. The Hall–Kier alpha value is -0.840. The summed E-state index contributed by atoms with van der Waals surface area (Å²) < 4.78 is 8.89. The molecule has 0 radical (unpaired) electrons. The molecule has 0 saturated carbocycles. The van der Waals surface area contributed by atoms with Crippen molar-refractivity contribution in [2.24, 2.45) is 0 Å². The molecule has 3 rings (SSSR count). The van der Waals surface area contributed by atoms with Crippen molar-refractivity contribution in [2.45, 2.75) is 3.79 Å². The number of halogens is 3. The first-order valence-corrected chi connectivity index (χ1v) is 5.54. The molecule has 1 N–H and O–H groups in total. The number of imidazole rings is 1. The Morgan fingerprint density at radius 1 is 1.19 bits per heavy atom. The predicted molar refractivity (Wildman–Crippen MR) is 61.5 cm³/mol. The number of nitrogens with zero attached hydrogens (tertiary/aromatic N) is 1. The third-order valence-electron chi connectivity index (χ3n) is 2.24. The highest BCUT2D eigenvalue weighted by molar-refractivity contribution is 6.66. The van der Waals surface area contributed by atoms with Crippen LogP contribution >= 0.6 is 34.8 Å². The Kier molecular flexibility index (Phi) is 2.14. The van der Waals surface area contributed by atoms with Crippen LogP contribution in [0, 0.1) is 0 Å². The van der Waals surface area contributed by atoms with Crippen LogP contribution < -0.4 is 9.47 Å². The lowest BCUT2D eigenvalue weighted by Crippen LogP contribution is -2.02. The molecule has 16 heavy (non-hydrogen) atoms. The number of hydrogen-bond acceptors (Lipinski definition) is 3. The highest BCUT2D eigenvalue weighted by Crippen LogP contribution is 2.40. The Bertz CT molecular complexity index is 521. The number of benzene rings is 1. The molecule has 7 heteroatoms. The quantitative estimate of drug-likeness (QED) is 0.754. The second-order valence-corrected chi connectivity index (χ2v) is 5.59. The van der Waals surface area contributed by atoms with Crippen LogP contribution in [0.3, 0.4) is 0 Å². The van der Waals surface area contributed by atoms with E-state index in [2.05, 4.69) is 9.97 Å². The largest absolute Gasteiger partial charge is 0.454 e. The summed E-state index contributed by atoms with van der Waals surface area (Å²) in [5.74, 6) is 1.58. The van der Waals surface area contributed by atoms with E-state index < -0.39 is 3.79 Å². The van der Waals surface area contributed by atoms with Gasteiger partial charge >= 0.3 is 0 Å². The second-order valence-electron chi connectivity index (χ2n) is 3.31. The number of nitrogens with one attached hydrogen (secondary N) is 1. The van der Waals surface area contributed by atoms with Crippen molar-refractivity contribution >= 4 is 45.8 Å². The van der Waals surface area contributed by atoms with Crippen LogP contribution in [0.1, 0.15) is 5.82 Å². The van der Waals surface area contributed by atoms with Gasteiger partial charge in [0.2, 0.25) is 10.6 Å². The maximum Gasteiger partial charge on any atom is 0.248 e. The lowest BCUT2D eigenvalue weighted by Gasteiger charge is -2.04. The Balaban J connectivity index is 2.19. The average molecular weight is 280 g/mol. The monoisotopic (exact) mass is 278 g/mol. The Labute approximate surface area is 105 Å². The molecular weight excluding hydrogens is 274 g/mol. The SMILES string of the molecule is ClC(Cl)(Cl)c1nc2cc3c(cc2[nH]1)OCO3. The lowest BCUT2D eigenvalue weighted by molar-refractivity contribution is 0.174. The van der Waals surface area contributed by atoms with Crippen LogP contribution in [0.15, 0.2) is 12.1 Å². The van der Waals surface area contributed by atoms with E-state index in [1.807, 2.05) is 0 Å². The standard InChI is InChI=1S/C9H5Cl3N2O2/c10-9(11,12)8-13-4-1-6-7(16-3-15-6)2-5(4)14-8/h1-2H,3H2,(H,13,14). The lowest BCUT2D eigenvalue weighted by atomic mass is 10.3. The summed E-state index contributed by atoms with van der Waals surface area (Å²) >= 11 is 17.2. The van der Waals surface area contributed by atoms with Gasteiger partial charge in [0.25, 0.3) is 0 Å². The number of alkyl halides is 3. The van der Waals surface area contributed by atoms with E-state index in [0.717, 1.165) is 5.52 Å². The van der Waals surface area contributed by atoms with E-state index in [0.29, 0.717) is 17.0 Å². The van der Waals surface area contributed by atoms with Gasteiger partial charge in [0, 0.05) is 12.1 Å². The minimum atomic E-state index is -1.56. The van der Waals surface area contributed by atoms with Crippen molar-refractivity contribution in [3.63, 3.8) is 0 Å². The summed E-state index contributed by atoms with van der Waals surface area (Å²) in [4.78, 5) is 7.10. The fraction of sp³-hybridized carbons (Fsp3) is 0.222. The fourth-order valence-corrected chi connectivity index (χ4v) is 1.80. The van der Waals surface area contributed by atoms with Gasteiger partial charge in [0.05, 0.1) is 11.0 Å². The number of hydrogen-bond donors (Lipinski definition) is 1. The minimum absolute atomic E-state index is 0.221. The summed E-state index contributed by atoms with van der Waals surface area (Å²) in [6.45, 7) is 0.221. The number of ether oxygens (including phenoxy) is 2. The highest BCUT2D eigenvalue weighted by Gasteiger charge is 2.27. The minimum Gasteiger partial charge on any atom is -0.454 e. The van der Waals surface area contributed by atoms with Crippen LogP contribution in [-0.2, 0) is 3.79 Å². The fourth-order valence-electron chi connectivity index (χ4n) is 1.53. The van der Waals surface area contributed by atoms with Gasteiger partial charge < -0.3 is 14.5 Å². The number of rotatable bonds is 0. The molecule has 1 aromatic carbocycles. The zero-order valence-electron chi connectivity index (χ0n) is 7.76. The molecule has 0 atom stereocenters. The first-order valence-electron chi connectivity index (χ1n) is 4.40. The molecule has 0 spiro atoms. The van der Waals surface area contributed by atoms with Gasteiger partial charge in [-0.1, -0.05) is 34.8 Å². The molecule has 1 aliphatic rings. The van der Waals surface area contributed by atoms with Gasteiger partial charge in [-0.2, -0.15) is 0 Å². The maximum atomic E-state index is 5.73. The van der Waals surface area contributed by atoms with Crippen LogP contribution in [0.25, 0.3) is 11.0 Å². The number of H-pyrrole nitrogens is 1. The first-order chi connectivity index (χ1) is 7.54. The highest BCUT2D eigenvalue weighted by atomic mass is 35.6. The molecule has 84 valence electrons. The summed E-state index contributed by atoms with van der Waals surface area (Å²) in [6, 6.07) is 3.51. The second kappa shape index (κ2) is 3.32.